The molecule has 10 nitrogen and oxygen atoms in total. The van der Waals surface area contributed by atoms with Crippen LogP contribution in [0.5, 0.6) is 17.2 Å². The second kappa shape index (κ2) is 14.5. The third-order valence-corrected chi connectivity index (χ3v) is 7.28. The lowest BCUT2D eigenvalue weighted by Crippen LogP contribution is -2.40. The third-order valence-electron chi connectivity index (χ3n) is 6.30. The fraction of sp³-hybridized carbons (Fsp3) is 0.312. The second-order valence-corrected chi connectivity index (χ2v) is 10.2. The van der Waals surface area contributed by atoms with E-state index in [1.165, 1.54) is 15.9 Å². The van der Waals surface area contributed by atoms with Crippen LogP contribution in [-0.4, -0.2) is 49.5 Å². The lowest BCUT2D eigenvalue weighted by atomic mass is 9.95. The predicted octanol–water partition coefficient (Wildman–Crippen LogP) is 3.70. The summed E-state index contributed by atoms with van der Waals surface area (Å²) in [7, 11) is 0. The number of benzene rings is 2. The largest absolute Gasteiger partial charge is 0.490 e. The molecule has 0 aliphatic carbocycles. The summed E-state index contributed by atoms with van der Waals surface area (Å²) in [5.74, 6) is 0.489. The smallest absolute Gasteiger partial charge is 0.344 e. The number of carbonyl (C=O) groups is 2. The van der Waals surface area contributed by atoms with Crippen molar-refractivity contribution in [2.45, 2.75) is 33.7 Å². The Labute approximate surface area is 253 Å². The van der Waals surface area contributed by atoms with Gasteiger partial charge in [-0.2, -0.15) is 0 Å². The number of rotatable bonds is 13. The van der Waals surface area contributed by atoms with Gasteiger partial charge in [0.15, 0.2) is 22.9 Å². The van der Waals surface area contributed by atoms with Crippen LogP contribution in [0.2, 0.25) is 0 Å². The third kappa shape index (κ3) is 7.23. The SMILES string of the molecule is C=CCOc1ccc([C@@H]2C(C(=O)OCC)=C(C)N=c3sc(=Cc4ccc(OCC(=O)OCC)cc4)c(=O)n32)cc1OCC. The lowest BCUT2D eigenvalue weighted by molar-refractivity contribution is -0.145. The maximum absolute atomic E-state index is 13.9. The molecule has 0 bridgehead atoms. The molecular formula is C32H34N2O8S. The molecule has 226 valence electrons. The zero-order chi connectivity index (χ0) is 30.9. The van der Waals surface area contributed by atoms with Crippen molar-refractivity contribution >= 4 is 29.4 Å². The Bertz CT molecular complexity index is 1700. The van der Waals surface area contributed by atoms with E-state index >= 15 is 0 Å². The van der Waals surface area contributed by atoms with E-state index in [9.17, 15) is 14.4 Å². The van der Waals surface area contributed by atoms with Crippen LogP contribution in [0.4, 0.5) is 0 Å². The van der Waals surface area contributed by atoms with Gasteiger partial charge in [-0.15, -0.1) is 0 Å². The van der Waals surface area contributed by atoms with Gasteiger partial charge in [-0.25, -0.2) is 14.6 Å². The number of hydrogen-bond donors (Lipinski definition) is 0. The van der Waals surface area contributed by atoms with Crippen LogP contribution >= 0.6 is 11.3 Å². The van der Waals surface area contributed by atoms with Crippen LogP contribution in [0.1, 0.15) is 44.9 Å². The first-order valence-electron chi connectivity index (χ1n) is 13.9. The van der Waals surface area contributed by atoms with Gasteiger partial charge in [0.05, 0.1) is 41.7 Å². The molecular weight excluding hydrogens is 572 g/mol. The summed E-state index contributed by atoms with van der Waals surface area (Å²) < 4.78 is 29.3. The van der Waals surface area contributed by atoms with Gasteiger partial charge >= 0.3 is 11.9 Å². The van der Waals surface area contributed by atoms with Gasteiger partial charge in [0.2, 0.25) is 0 Å². The number of nitrogens with zero attached hydrogens (tertiary/aromatic N) is 2. The minimum absolute atomic E-state index is 0.171. The summed E-state index contributed by atoms with van der Waals surface area (Å²) in [5.41, 5.74) is 1.81. The van der Waals surface area contributed by atoms with Gasteiger partial charge in [-0.05, 0) is 69.2 Å². The molecule has 1 aromatic heterocycles. The van der Waals surface area contributed by atoms with Crippen LogP contribution in [-0.2, 0) is 19.1 Å². The van der Waals surface area contributed by atoms with Gasteiger partial charge in [-0.1, -0.05) is 42.2 Å². The summed E-state index contributed by atoms with van der Waals surface area (Å²) in [5, 5.41) is 0. The lowest BCUT2D eigenvalue weighted by Gasteiger charge is -2.25. The number of ether oxygens (including phenoxy) is 5. The van der Waals surface area contributed by atoms with Gasteiger partial charge in [0.1, 0.15) is 12.4 Å². The second-order valence-electron chi connectivity index (χ2n) is 9.20. The molecule has 0 amide bonds. The van der Waals surface area contributed by atoms with Crippen molar-refractivity contribution in [2.24, 2.45) is 4.99 Å². The molecule has 11 heteroatoms. The van der Waals surface area contributed by atoms with Crippen LogP contribution in [0.15, 0.2) is 76.2 Å². The average molecular weight is 607 g/mol. The minimum atomic E-state index is -0.802. The molecule has 0 saturated heterocycles. The Balaban J connectivity index is 1.78. The van der Waals surface area contributed by atoms with Crippen LogP contribution in [0.25, 0.3) is 6.08 Å². The molecule has 0 radical (unpaired) electrons. The van der Waals surface area contributed by atoms with E-state index in [1.54, 1.807) is 75.4 Å². The first-order valence-corrected chi connectivity index (χ1v) is 14.7. The van der Waals surface area contributed by atoms with Crippen molar-refractivity contribution in [3.63, 3.8) is 0 Å². The van der Waals surface area contributed by atoms with Gasteiger partial charge in [-0.3, -0.25) is 9.36 Å². The van der Waals surface area contributed by atoms with E-state index in [4.69, 9.17) is 23.7 Å². The Hall–Kier alpha value is -4.64. The Kier molecular flexibility index (Phi) is 10.6. The van der Waals surface area contributed by atoms with Crippen molar-refractivity contribution in [3.05, 3.63) is 97.2 Å². The molecule has 1 atom stereocenters. The molecule has 2 heterocycles. The molecule has 1 aliphatic rings. The molecule has 43 heavy (non-hydrogen) atoms. The zero-order valence-electron chi connectivity index (χ0n) is 24.6. The predicted molar refractivity (Wildman–Crippen MR) is 162 cm³/mol. The number of hydrogen-bond acceptors (Lipinski definition) is 10. The van der Waals surface area contributed by atoms with Crippen LogP contribution < -0.4 is 29.1 Å². The molecule has 2 aromatic carbocycles. The quantitative estimate of drug-likeness (QED) is 0.214. The molecule has 3 aromatic rings. The van der Waals surface area contributed by atoms with Gasteiger partial charge in [0, 0.05) is 0 Å². The van der Waals surface area contributed by atoms with Crippen LogP contribution in [0.3, 0.4) is 0 Å². The Morgan fingerprint density at radius 1 is 0.977 bits per heavy atom. The van der Waals surface area contributed by atoms with Crippen molar-refractivity contribution in [3.8, 4) is 17.2 Å². The highest BCUT2D eigenvalue weighted by Crippen LogP contribution is 2.36. The zero-order valence-corrected chi connectivity index (χ0v) is 25.4. The Morgan fingerprint density at radius 2 is 1.72 bits per heavy atom. The topological polar surface area (TPSA) is 115 Å². The summed E-state index contributed by atoms with van der Waals surface area (Å²) in [4.78, 5) is 43.8. The summed E-state index contributed by atoms with van der Waals surface area (Å²) in [6, 6.07) is 11.5. The fourth-order valence-electron chi connectivity index (χ4n) is 4.49. The van der Waals surface area contributed by atoms with Gasteiger partial charge < -0.3 is 23.7 Å². The molecule has 4 rings (SSSR count). The standard InChI is InChI=1S/C32H34N2O8S/c1-6-16-41-24-15-12-22(18-25(24)38-7-2)29-28(31(37)40-9-4)20(5)33-32-34(29)30(36)26(43-32)17-21-10-13-23(14-11-21)42-19-27(35)39-8-3/h6,10-15,17-18,29H,1,7-9,16,19H2,2-5H3/t29-/m1/s1. The maximum Gasteiger partial charge on any atom is 0.344 e. The monoisotopic (exact) mass is 606 g/mol. The van der Waals surface area contributed by atoms with Crippen molar-refractivity contribution < 1.29 is 33.3 Å². The molecule has 0 saturated carbocycles. The molecule has 0 spiro atoms. The van der Waals surface area contributed by atoms with E-state index in [1.807, 2.05) is 6.92 Å². The minimum Gasteiger partial charge on any atom is -0.490 e. The van der Waals surface area contributed by atoms with E-state index in [2.05, 4.69) is 11.6 Å². The highest BCUT2D eigenvalue weighted by molar-refractivity contribution is 7.07. The summed E-state index contributed by atoms with van der Waals surface area (Å²) >= 11 is 1.22. The number of fused-ring (bicyclic) bond motifs is 1. The van der Waals surface area contributed by atoms with Gasteiger partial charge in [0.25, 0.3) is 5.56 Å². The molecule has 0 fully saturated rings. The maximum atomic E-state index is 13.9. The first-order chi connectivity index (χ1) is 20.8. The number of esters is 2. The van der Waals surface area contributed by atoms with E-state index in [0.717, 1.165) is 5.56 Å². The molecule has 1 aliphatic heterocycles. The number of carbonyl (C=O) groups excluding carboxylic acids is 2. The summed E-state index contributed by atoms with van der Waals surface area (Å²) in [6.45, 7) is 11.7. The van der Waals surface area contributed by atoms with Crippen molar-refractivity contribution in [2.75, 3.05) is 33.0 Å². The van der Waals surface area contributed by atoms with E-state index < -0.39 is 18.0 Å². The Morgan fingerprint density at radius 3 is 2.40 bits per heavy atom. The van der Waals surface area contributed by atoms with E-state index in [-0.39, 0.29) is 31.0 Å². The molecule has 0 N–H and O–H groups in total. The highest BCUT2D eigenvalue weighted by atomic mass is 32.1. The summed E-state index contributed by atoms with van der Waals surface area (Å²) in [6.07, 6.45) is 3.38. The molecule has 0 unspecified atom stereocenters. The van der Waals surface area contributed by atoms with Crippen molar-refractivity contribution in [1.29, 1.82) is 0 Å². The number of aromatic nitrogens is 1. The number of allylic oxidation sites excluding steroid dienone is 1. The average Bonchev–Trinajstić information content (AvgIpc) is 3.29. The van der Waals surface area contributed by atoms with Crippen LogP contribution in [0, 0.1) is 0 Å². The number of thiazole rings is 1. The van der Waals surface area contributed by atoms with E-state index in [0.29, 0.717) is 51.1 Å². The highest BCUT2D eigenvalue weighted by Gasteiger charge is 2.34. The first kappa shape index (κ1) is 31.3. The van der Waals surface area contributed by atoms with Crippen molar-refractivity contribution in [1.82, 2.24) is 4.57 Å². The fourth-order valence-corrected chi connectivity index (χ4v) is 5.54. The normalized spacial score (nSPS) is 14.4.